The van der Waals surface area contributed by atoms with Gasteiger partial charge in [0.2, 0.25) is 5.79 Å². The van der Waals surface area contributed by atoms with Crippen molar-refractivity contribution in [1.82, 2.24) is 19.7 Å². The van der Waals surface area contributed by atoms with Crippen molar-refractivity contribution in [2.45, 2.75) is 120 Å². The topological polar surface area (TPSA) is 236 Å². The fourth-order valence-corrected chi connectivity index (χ4v) is 7.85. The molecule has 262 valence electrons. The number of hydrogen-bond donors (Lipinski definition) is 4. The molecule has 1 saturated heterocycles. The molecule has 0 aromatic carbocycles. The molecule has 1 aromatic heterocycles. The summed E-state index contributed by atoms with van der Waals surface area (Å²) in [4.78, 5) is 54.5. The van der Waals surface area contributed by atoms with Gasteiger partial charge in [-0.2, -0.15) is 0 Å². The van der Waals surface area contributed by atoms with Gasteiger partial charge >= 0.3 is 25.3 Å². The fraction of sp³-hybridized carbons (Fsp3) is 0.786. The van der Waals surface area contributed by atoms with Gasteiger partial charge in [-0.25, -0.2) is 19.4 Å². The molecule has 19 heteroatoms. The first-order valence-corrected chi connectivity index (χ1v) is 17.5. The third-order valence-corrected chi connectivity index (χ3v) is 10.6. The molecule has 4 rings (SSSR count). The zero-order chi connectivity index (χ0) is 34.2. The summed E-state index contributed by atoms with van der Waals surface area (Å²) in [7, 11) is -4.50. The quantitative estimate of drug-likeness (QED) is 0.0726. The smallest absolute Gasteiger partial charge is 0.342 e. The highest BCUT2D eigenvalue weighted by Gasteiger charge is 2.61. The maximum absolute atomic E-state index is 16.3. The lowest BCUT2D eigenvalue weighted by atomic mass is 9.93. The summed E-state index contributed by atoms with van der Waals surface area (Å²) in [6, 6.07) is -1.58. The number of nitrogens with zero attached hydrogens (tertiary/aromatic N) is 4. The van der Waals surface area contributed by atoms with E-state index in [9.17, 15) is 28.8 Å². The number of carbonyl (C=O) groups excluding carboxylic acids is 2. The predicted octanol–water partition coefficient (Wildman–Crippen LogP) is 2.43. The van der Waals surface area contributed by atoms with Crippen LogP contribution in [0.15, 0.2) is 27.0 Å². The van der Waals surface area contributed by atoms with E-state index in [0.717, 1.165) is 50.8 Å². The number of nitrogens with one attached hydrogen (secondary N) is 3. The van der Waals surface area contributed by atoms with E-state index in [1.165, 1.54) is 13.8 Å². The van der Waals surface area contributed by atoms with Gasteiger partial charge in [-0.3, -0.25) is 28.5 Å². The third-order valence-electron chi connectivity index (χ3n) is 8.70. The van der Waals surface area contributed by atoms with Crippen molar-refractivity contribution in [3.8, 4) is 0 Å². The Morgan fingerprint density at radius 3 is 2.13 bits per heavy atom. The van der Waals surface area contributed by atoms with Crippen LogP contribution in [0.1, 0.15) is 78.1 Å². The zero-order valence-corrected chi connectivity index (χ0v) is 27.4. The van der Waals surface area contributed by atoms with Crippen LogP contribution in [0.3, 0.4) is 0 Å². The number of H-pyrrole nitrogens is 1. The highest BCUT2D eigenvalue weighted by atomic mass is 31.2. The van der Waals surface area contributed by atoms with E-state index in [0.29, 0.717) is 30.3 Å². The number of alkyl halides is 1. The van der Waals surface area contributed by atoms with Crippen LogP contribution >= 0.6 is 7.67 Å². The molecular formula is C28H43FN7O10P. The summed E-state index contributed by atoms with van der Waals surface area (Å²) < 4.78 is 53.5. The van der Waals surface area contributed by atoms with Crippen LogP contribution in [-0.4, -0.2) is 82.4 Å². The van der Waals surface area contributed by atoms with Gasteiger partial charge in [0.15, 0.2) is 0 Å². The molecular weight excluding hydrogens is 644 g/mol. The number of azide groups is 1. The molecule has 2 unspecified atom stereocenters. The second-order valence-corrected chi connectivity index (χ2v) is 14.2. The summed E-state index contributed by atoms with van der Waals surface area (Å²) in [6.07, 6.45) is 6.39. The Labute approximate surface area is 270 Å². The first-order chi connectivity index (χ1) is 22.3. The largest absolute Gasteiger partial charge is 0.461 e. The van der Waals surface area contributed by atoms with E-state index in [4.69, 9.17) is 24.3 Å². The number of esters is 2. The summed E-state index contributed by atoms with van der Waals surface area (Å²) in [6.45, 7) is 0.166. The molecule has 4 N–H and O–H groups in total. The molecule has 0 amide bonds. The summed E-state index contributed by atoms with van der Waals surface area (Å²) in [5.41, 5.74) is 4.81. The van der Waals surface area contributed by atoms with E-state index in [2.05, 4.69) is 20.2 Å². The van der Waals surface area contributed by atoms with Crippen LogP contribution in [0, 0.1) is 0 Å². The maximum atomic E-state index is 16.3. The Hall–Kier alpha value is -3.11. The Bertz CT molecular complexity index is 1430. The maximum Gasteiger partial charge on any atom is 0.342 e. The number of aromatic nitrogens is 2. The first kappa shape index (κ1) is 36.7. The number of halogens is 1. The molecule has 5 atom stereocenters. The number of rotatable bonds is 14. The molecule has 2 heterocycles. The minimum atomic E-state index is -4.50. The van der Waals surface area contributed by atoms with Gasteiger partial charge in [-0.1, -0.05) is 18.0 Å². The average Bonchev–Trinajstić information content (AvgIpc) is 3.30. The number of aliphatic hydroxyl groups excluding tert-OH is 1. The number of carbonyl (C=O) groups is 2. The highest BCUT2D eigenvalue weighted by molar-refractivity contribution is 7.54. The first-order valence-electron chi connectivity index (χ1n) is 15.9. The summed E-state index contributed by atoms with van der Waals surface area (Å²) >= 11 is 0. The van der Waals surface area contributed by atoms with Crippen molar-refractivity contribution in [1.29, 1.82) is 0 Å². The van der Waals surface area contributed by atoms with Crippen LogP contribution in [-0.2, 0) is 38.7 Å². The molecule has 2 aliphatic carbocycles. The molecule has 17 nitrogen and oxygen atoms in total. The van der Waals surface area contributed by atoms with Gasteiger partial charge in [0.25, 0.3) is 5.56 Å². The van der Waals surface area contributed by atoms with E-state index in [-0.39, 0.29) is 12.2 Å². The molecule has 3 aliphatic rings. The van der Waals surface area contributed by atoms with Crippen LogP contribution < -0.4 is 21.4 Å². The minimum Gasteiger partial charge on any atom is -0.461 e. The number of hydrogen-bond acceptors (Lipinski definition) is 11. The Kier molecular flexibility index (Phi) is 12.4. The molecule has 0 bridgehead atoms. The van der Waals surface area contributed by atoms with Gasteiger partial charge in [-0.05, 0) is 70.7 Å². The normalized spacial score (nSPS) is 28.0. The lowest BCUT2D eigenvalue weighted by molar-refractivity contribution is -0.152. The third kappa shape index (κ3) is 9.08. The lowest BCUT2D eigenvalue weighted by Gasteiger charge is -2.35. The Balaban J connectivity index is 1.56. The second kappa shape index (κ2) is 15.9. The number of aromatic amines is 1. The molecule has 47 heavy (non-hydrogen) atoms. The lowest BCUT2D eigenvalue weighted by Crippen LogP contribution is -2.56. The fourth-order valence-electron chi connectivity index (χ4n) is 5.99. The highest BCUT2D eigenvalue weighted by Crippen LogP contribution is 2.45. The average molecular weight is 688 g/mol. The van der Waals surface area contributed by atoms with Gasteiger partial charge in [0, 0.05) is 17.2 Å². The van der Waals surface area contributed by atoms with E-state index in [1.807, 2.05) is 4.98 Å². The van der Waals surface area contributed by atoms with Crippen molar-refractivity contribution in [3.05, 3.63) is 43.5 Å². The number of aliphatic hydroxyl groups is 1. The Morgan fingerprint density at radius 1 is 1.11 bits per heavy atom. The zero-order valence-electron chi connectivity index (χ0n) is 26.5. The van der Waals surface area contributed by atoms with Crippen LogP contribution in [0.4, 0.5) is 4.39 Å². The van der Waals surface area contributed by atoms with E-state index in [1.54, 1.807) is 0 Å². The van der Waals surface area contributed by atoms with Crippen LogP contribution in [0.5, 0.6) is 0 Å². The van der Waals surface area contributed by atoms with Gasteiger partial charge < -0.3 is 23.8 Å². The summed E-state index contributed by atoms with van der Waals surface area (Å²) in [5.74, 6) is -4.42. The van der Waals surface area contributed by atoms with Crippen molar-refractivity contribution >= 4 is 19.6 Å². The van der Waals surface area contributed by atoms with Crippen LogP contribution in [0.25, 0.3) is 10.4 Å². The molecule has 3 fully saturated rings. The second-order valence-electron chi connectivity index (χ2n) is 12.4. The van der Waals surface area contributed by atoms with Gasteiger partial charge in [0.05, 0.1) is 13.2 Å². The van der Waals surface area contributed by atoms with Crippen LogP contribution in [0.2, 0.25) is 0 Å². The van der Waals surface area contributed by atoms with Gasteiger partial charge in [-0.15, -0.1) is 0 Å². The van der Waals surface area contributed by atoms with Crippen molar-refractivity contribution in [2.24, 2.45) is 5.11 Å². The standard InChI is InChI=1S/C28H43FN7O10P/c1-18(23(38)45-20-9-5-3-6-10-20)33-47(42,34-19(2)24(39)46-21-11-7-4-8-12-21)44-16-27(15-31-35-30)25(40)28(29,17-43-27)36-14-13-22(37)32-26(36)41/h13-14,18-21,25,40H,3-12,15-17H2,1-2H3,(H,32,37,41)(H2,33,34,42)/t18?,19?,25-,27-,28+,47?/m1/s1. The number of ether oxygens (including phenoxy) is 3. The van der Waals surface area contributed by atoms with E-state index >= 15 is 4.39 Å². The van der Waals surface area contributed by atoms with Crippen molar-refractivity contribution in [3.63, 3.8) is 0 Å². The monoisotopic (exact) mass is 687 g/mol. The predicted molar refractivity (Wildman–Crippen MR) is 164 cm³/mol. The molecule has 1 aromatic rings. The van der Waals surface area contributed by atoms with E-state index < -0.39 is 80.2 Å². The Morgan fingerprint density at radius 2 is 1.64 bits per heavy atom. The SMILES string of the molecule is CC(NP(=O)(NC(C)C(=O)OC1CCCCC1)OC[C@@]1(CN=[N+]=[N-])OC[C@](F)(n2ccc(=O)[nH]c2=O)[C@@H]1O)C(=O)OC1CCCCC1. The van der Waals surface area contributed by atoms with Gasteiger partial charge in [0.1, 0.15) is 42.6 Å². The molecule has 0 spiro atoms. The van der Waals surface area contributed by atoms with Crippen molar-refractivity contribution in [2.75, 3.05) is 19.8 Å². The van der Waals surface area contributed by atoms with Crippen molar-refractivity contribution < 1.29 is 42.4 Å². The minimum absolute atomic E-state index is 0.304. The molecule has 0 radical (unpaired) electrons. The molecule has 1 aliphatic heterocycles. The molecule has 2 saturated carbocycles. The summed E-state index contributed by atoms with van der Waals surface area (Å²) in [5, 5.41) is 19.8.